The third-order valence-corrected chi connectivity index (χ3v) is 4.25. The smallest absolute Gasteiger partial charge is 0.244 e. The summed E-state index contributed by atoms with van der Waals surface area (Å²) in [6.07, 6.45) is 0. The van der Waals surface area contributed by atoms with Gasteiger partial charge in [0.1, 0.15) is 6.54 Å². The molecule has 0 unspecified atom stereocenters. The summed E-state index contributed by atoms with van der Waals surface area (Å²) in [5, 5.41) is 11.8. The Balaban J connectivity index is 2.08. The topological polar surface area (TPSA) is 76.4 Å². The highest BCUT2D eigenvalue weighted by Crippen LogP contribution is 2.19. The second-order valence-electron chi connectivity index (χ2n) is 6.03. The molecule has 0 heterocycles. The summed E-state index contributed by atoms with van der Waals surface area (Å²) in [5.41, 5.74) is 2.72. The van der Waals surface area contributed by atoms with Gasteiger partial charge in [0.25, 0.3) is 0 Å². The average molecular weight is 364 g/mol. The number of nitrogens with one attached hydrogen (secondary N) is 1. The van der Waals surface area contributed by atoms with E-state index in [4.69, 9.17) is 5.26 Å². The zero-order valence-electron chi connectivity index (χ0n) is 15.9. The van der Waals surface area contributed by atoms with Crippen LogP contribution in [0.3, 0.4) is 0 Å². The van der Waals surface area contributed by atoms with Crippen LogP contribution < -0.4 is 15.1 Å². The van der Waals surface area contributed by atoms with Gasteiger partial charge in [0.05, 0.1) is 11.6 Å². The molecule has 0 fully saturated rings. The number of rotatable bonds is 7. The summed E-state index contributed by atoms with van der Waals surface area (Å²) in [7, 11) is 0. The zero-order chi connectivity index (χ0) is 19.8. The Kier molecular flexibility index (Phi) is 6.95. The van der Waals surface area contributed by atoms with Crippen molar-refractivity contribution in [2.24, 2.45) is 0 Å². The molecule has 0 aromatic heterocycles. The van der Waals surface area contributed by atoms with E-state index in [9.17, 15) is 9.59 Å². The summed E-state index contributed by atoms with van der Waals surface area (Å²) in [5.74, 6) is -0.569. The Bertz CT molecular complexity index is 836. The molecule has 0 atom stereocenters. The van der Waals surface area contributed by atoms with Crippen LogP contribution in [-0.2, 0) is 9.59 Å². The van der Waals surface area contributed by atoms with Gasteiger partial charge in [-0.25, -0.2) is 0 Å². The maximum Gasteiger partial charge on any atom is 0.244 e. The zero-order valence-corrected chi connectivity index (χ0v) is 15.9. The van der Waals surface area contributed by atoms with Gasteiger partial charge in [-0.2, -0.15) is 5.26 Å². The first kappa shape index (κ1) is 20.0. The van der Waals surface area contributed by atoms with Gasteiger partial charge in [0.15, 0.2) is 0 Å². The predicted molar refractivity (Wildman–Crippen MR) is 108 cm³/mol. The number of carbonyl (C=O) groups is 2. The molecule has 0 bridgehead atoms. The number of benzene rings is 2. The minimum Gasteiger partial charge on any atom is -0.372 e. The monoisotopic (exact) mass is 364 g/mol. The SMILES string of the molecule is CCN(CC)c1ccc(NC(=O)CN(C(C)=O)c2cccc(C#N)c2)cc1. The van der Waals surface area contributed by atoms with Gasteiger partial charge in [-0.3, -0.25) is 9.59 Å². The normalized spacial score (nSPS) is 10.0. The van der Waals surface area contributed by atoms with E-state index < -0.39 is 0 Å². The Morgan fingerprint density at radius 2 is 1.70 bits per heavy atom. The lowest BCUT2D eigenvalue weighted by molar-refractivity contribution is -0.120. The van der Waals surface area contributed by atoms with Gasteiger partial charge in [0.2, 0.25) is 11.8 Å². The minimum atomic E-state index is -0.303. The summed E-state index contributed by atoms with van der Waals surface area (Å²) >= 11 is 0. The lowest BCUT2D eigenvalue weighted by atomic mass is 10.2. The van der Waals surface area contributed by atoms with E-state index in [-0.39, 0.29) is 18.4 Å². The third kappa shape index (κ3) is 5.32. The van der Waals surface area contributed by atoms with Crippen molar-refractivity contribution >= 4 is 28.9 Å². The summed E-state index contributed by atoms with van der Waals surface area (Å²) in [6, 6.07) is 16.3. The van der Waals surface area contributed by atoms with Crippen LogP contribution in [0.5, 0.6) is 0 Å². The number of carbonyl (C=O) groups excluding carboxylic acids is 2. The summed E-state index contributed by atoms with van der Waals surface area (Å²) < 4.78 is 0. The quantitative estimate of drug-likeness (QED) is 0.817. The van der Waals surface area contributed by atoms with E-state index in [1.54, 1.807) is 24.3 Å². The first-order valence-electron chi connectivity index (χ1n) is 8.91. The molecule has 2 rings (SSSR count). The lowest BCUT2D eigenvalue weighted by Gasteiger charge is -2.22. The largest absolute Gasteiger partial charge is 0.372 e. The second kappa shape index (κ2) is 9.39. The molecule has 0 saturated carbocycles. The maximum atomic E-state index is 12.4. The molecule has 0 spiro atoms. The molecule has 0 radical (unpaired) electrons. The number of amides is 2. The van der Waals surface area contributed by atoms with Crippen molar-refractivity contribution in [1.29, 1.82) is 5.26 Å². The van der Waals surface area contributed by atoms with Crippen LogP contribution in [0.4, 0.5) is 17.1 Å². The van der Waals surface area contributed by atoms with Gasteiger partial charge in [-0.1, -0.05) is 6.07 Å². The van der Waals surface area contributed by atoms with Crippen LogP contribution in [0.15, 0.2) is 48.5 Å². The van der Waals surface area contributed by atoms with Crippen LogP contribution in [0.2, 0.25) is 0 Å². The van der Waals surface area contributed by atoms with E-state index >= 15 is 0 Å². The first-order chi connectivity index (χ1) is 13.0. The van der Waals surface area contributed by atoms with Crippen molar-refractivity contribution in [3.63, 3.8) is 0 Å². The predicted octanol–water partition coefficient (Wildman–Crippen LogP) is 3.40. The summed E-state index contributed by atoms with van der Waals surface area (Å²) in [6.45, 7) is 7.29. The van der Waals surface area contributed by atoms with E-state index in [1.807, 2.05) is 30.3 Å². The van der Waals surface area contributed by atoms with Crippen molar-refractivity contribution < 1.29 is 9.59 Å². The van der Waals surface area contributed by atoms with E-state index in [0.717, 1.165) is 18.8 Å². The van der Waals surface area contributed by atoms with E-state index in [1.165, 1.54) is 11.8 Å². The standard InChI is InChI=1S/C21H24N4O2/c1-4-24(5-2)19-11-9-18(10-12-19)23-21(27)15-25(16(3)26)20-8-6-7-17(13-20)14-22/h6-13H,4-5,15H2,1-3H3,(H,23,27). The maximum absolute atomic E-state index is 12.4. The Labute approximate surface area is 160 Å². The molecule has 0 aliphatic carbocycles. The van der Waals surface area contributed by atoms with Crippen molar-refractivity contribution in [3.05, 3.63) is 54.1 Å². The number of hydrogen-bond donors (Lipinski definition) is 1. The molecule has 2 aromatic carbocycles. The van der Waals surface area contributed by atoms with Crippen molar-refractivity contribution in [3.8, 4) is 6.07 Å². The molecular formula is C21H24N4O2. The average Bonchev–Trinajstić information content (AvgIpc) is 2.68. The molecular weight excluding hydrogens is 340 g/mol. The lowest BCUT2D eigenvalue weighted by Crippen LogP contribution is -2.36. The van der Waals surface area contributed by atoms with Gasteiger partial charge in [-0.05, 0) is 56.3 Å². The van der Waals surface area contributed by atoms with Gasteiger partial charge in [-0.15, -0.1) is 0 Å². The molecule has 6 heteroatoms. The first-order valence-corrected chi connectivity index (χ1v) is 8.91. The highest BCUT2D eigenvalue weighted by Gasteiger charge is 2.16. The number of anilines is 3. The number of nitrogens with zero attached hydrogens (tertiary/aromatic N) is 3. The fourth-order valence-electron chi connectivity index (χ4n) is 2.82. The number of nitriles is 1. The molecule has 27 heavy (non-hydrogen) atoms. The molecule has 2 aromatic rings. The Morgan fingerprint density at radius 3 is 2.26 bits per heavy atom. The minimum absolute atomic E-state index is 0.123. The fourth-order valence-corrected chi connectivity index (χ4v) is 2.82. The highest BCUT2D eigenvalue weighted by molar-refractivity contribution is 6.01. The Hall–Kier alpha value is -3.33. The van der Waals surface area contributed by atoms with Gasteiger partial charge >= 0.3 is 0 Å². The van der Waals surface area contributed by atoms with Crippen molar-refractivity contribution in [2.45, 2.75) is 20.8 Å². The van der Waals surface area contributed by atoms with Gasteiger partial charge < -0.3 is 15.1 Å². The van der Waals surface area contributed by atoms with E-state index in [0.29, 0.717) is 16.9 Å². The molecule has 1 N–H and O–H groups in total. The third-order valence-electron chi connectivity index (χ3n) is 4.25. The van der Waals surface area contributed by atoms with Crippen LogP contribution in [-0.4, -0.2) is 31.4 Å². The summed E-state index contributed by atoms with van der Waals surface area (Å²) in [4.78, 5) is 27.9. The molecule has 0 saturated heterocycles. The molecule has 140 valence electrons. The Morgan fingerprint density at radius 1 is 1.04 bits per heavy atom. The van der Waals surface area contributed by atoms with Crippen LogP contribution in [0.1, 0.15) is 26.3 Å². The fraction of sp³-hybridized carbons (Fsp3) is 0.286. The molecule has 2 amide bonds. The van der Waals surface area contributed by atoms with Crippen LogP contribution >= 0.6 is 0 Å². The number of hydrogen-bond acceptors (Lipinski definition) is 4. The molecule has 0 aliphatic rings. The van der Waals surface area contributed by atoms with Crippen molar-refractivity contribution in [2.75, 3.05) is 34.8 Å². The van der Waals surface area contributed by atoms with Gasteiger partial charge in [0, 0.05) is 37.1 Å². The van der Waals surface area contributed by atoms with Crippen LogP contribution in [0, 0.1) is 11.3 Å². The highest BCUT2D eigenvalue weighted by atomic mass is 16.2. The van der Waals surface area contributed by atoms with E-state index in [2.05, 4.69) is 24.1 Å². The second-order valence-corrected chi connectivity index (χ2v) is 6.03. The molecule has 0 aliphatic heterocycles. The van der Waals surface area contributed by atoms with Crippen molar-refractivity contribution in [1.82, 2.24) is 0 Å². The molecule has 6 nitrogen and oxygen atoms in total. The van der Waals surface area contributed by atoms with Crippen LogP contribution in [0.25, 0.3) is 0 Å².